The third-order valence-corrected chi connectivity index (χ3v) is 4.55. The second kappa shape index (κ2) is 5.87. The average molecular weight is 328 g/mol. The van der Waals surface area contributed by atoms with Crippen LogP contribution in [0.4, 0.5) is 5.95 Å². The van der Waals surface area contributed by atoms with Crippen LogP contribution in [0.2, 0.25) is 5.02 Å². The summed E-state index contributed by atoms with van der Waals surface area (Å²) < 4.78 is 2.21. The normalized spacial score (nSPS) is 18.0. The molecule has 0 radical (unpaired) electrons. The average Bonchev–Trinajstić information content (AvgIpc) is 3.12. The second-order valence-electron chi connectivity index (χ2n) is 6.01. The number of hydrogen-bond acceptors (Lipinski definition) is 3. The lowest BCUT2D eigenvalue weighted by Gasteiger charge is -2.19. The van der Waals surface area contributed by atoms with Crippen LogP contribution in [-0.2, 0) is 6.54 Å². The number of rotatable bonds is 3. The summed E-state index contributed by atoms with van der Waals surface area (Å²) in [5, 5.41) is 10.6. The lowest BCUT2D eigenvalue weighted by molar-refractivity contribution is 0.198. The van der Waals surface area contributed by atoms with Crippen LogP contribution in [0.5, 0.6) is 0 Å². The smallest absolute Gasteiger partial charge is 0.206 e. The molecule has 5 heteroatoms. The first-order chi connectivity index (χ1) is 11.2. The summed E-state index contributed by atoms with van der Waals surface area (Å²) in [7, 11) is 0. The number of imidazole rings is 1. The van der Waals surface area contributed by atoms with Gasteiger partial charge >= 0.3 is 0 Å². The molecule has 1 aliphatic rings. The molecule has 1 unspecified atom stereocenters. The fourth-order valence-corrected chi connectivity index (χ4v) is 3.41. The topological polar surface area (TPSA) is 41.3 Å². The summed E-state index contributed by atoms with van der Waals surface area (Å²) >= 11 is 6.12. The molecule has 0 bridgehead atoms. The van der Waals surface area contributed by atoms with E-state index in [1.165, 1.54) is 0 Å². The number of aliphatic hydroxyl groups is 1. The Morgan fingerprint density at radius 1 is 1.17 bits per heavy atom. The summed E-state index contributed by atoms with van der Waals surface area (Å²) in [5.74, 6) is 0.919. The van der Waals surface area contributed by atoms with Crippen LogP contribution in [0.25, 0.3) is 11.0 Å². The van der Waals surface area contributed by atoms with Crippen molar-refractivity contribution in [3.63, 3.8) is 0 Å². The molecular weight excluding hydrogens is 310 g/mol. The molecule has 1 atom stereocenters. The van der Waals surface area contributed by atoms with Crippen molar-refractivity contribution in [1.82, 2.24) is 9.55 Å². The summed E-state index contributed by atoms with van der Waals surface area (Å²) in [6.07, 6.45) is 0.523. The molecule has 1 saturated heterocycles. The molecule has 23 heavy (non-hydrogen) atoms. The van der Waals surface area contributed by atoms with Crippen molar-refractivity contribution in [2.24, 2.45) is 0 Å². The highest BCUT2D eigenvalue weighted by Gasteiger charge is 2.25. The van der Waals surface area contributed by atoms with Gasteiger partial charge in [0, 0.05) is 18.1 Å². The van der Waals surface area contributed by atoms with Crippen LogP contribution >= 0.6 is 11.6 Å². The van der Waals surface area contributed by atoms with Gasteiger partial charge in [-0.1, -0.05) is 35.9 Å². The van der Waals surface area contributed by atoms with Gasteiger partial charge in [-0.05, 0) is 36.2 Å². The number of anilines is 1. The zero-order valence-corrected chi connectivity index (χ0v) is 13.4. The second-order valence-corrected chi connectivity index (χ2v) is 6.44. The van der Waals surface area contributed by atoms with Crippen molar-refractivity contribution in [1.29, 1.82) is 0 Å². The van der Waals surface area contributed by atoms with Gasteiger partial charge in [0.05, 0.1) is 23.7 Å². The van der Waals surface area contributed by atoms with Gasteiger partial charge in [0.15, 0.2) is 0 Å². The van der Waals surface area contributed by atoms with E-state index in [4.69, 9.17) is 16.6 Å². The van der Waals surface area contributed by atoms with E-state index in [0.717, 1.165) is 40.5 Å². The molecule has 1 N–H and O–H groups in total. The molecule has 0 aliphatic carbocycles. The number of benzene rings is 2. The molecule has 3 aromatic rings. The van der Waals surface area contributed by atoms with E-state index < -0.39 is 0 Å². The summed E-state index contributed by atoms with van der Waals surface area (Å²) in [4.78, 5) is 6.95. The van der Waals surface area contributed by atoms with E-state index in [-0.39, 0.29) is 6.10 Å². The molecule has 4 rings (SSSR count). The van der Waals surface area contributed by atoms with E-state index in [9.17, 15) is 5.11 Å². The standard InChI is InChI=1S/C18H18ClN3O/c19-14-5-3-4-13(10-14)11-22-17-7-2-1-6-16(17)20-18(22)21-9-8-15(23)12-21/h1-7,10,15,23H,8-9,11-12H2. The van der Waals surface area contributed by atoms with Gasteiger partial charge in [-0.15, -0.1) is 0 Å². The molecule has 118 valence electrons. The Kier molecular flexibility index (Phi) is 3.71. The van der Waals surface area contributed by atoms with Crippen molar-refractivity contribution in [3.05, 3.63) is 59.1 Å². The maximum Gasteiger partial charge on any atom is 0.206 e. The van der Waals surface area contributed by atoms with Gasteiger partial charge in [0.25, 0.3) is 0 Å². The highest BCUT2D eigenvalue weighted by molar-refractivity contribution is 6.30. The van der Waals surface area contributed by atoms with E-state index in [2.05, 4.69) is 21.6 Å². The number of fused-ring (bicyclic) bond motifs is 1. The Hall–Kier alpha value is -2.04. The summed E-state index contributed by atoms with van der Waals surface area (Å²) in [5.41, 5.74) is 3.22. The van der Waals surface area contributed by atoms with Gasteiger partial charge in [0.2, 0.25) is 5.95 Å². The first-order valence-corrected chi connectivity index (χ1v) is 8.21. The van der Waals surface area contributed by atoms with Crippen molar-refractivity contribution in [2.45, 2.75) is 19.1 Å². The lowest BCUT2D eigenvalue weighted by atomic mass is 10.2. The first kappa shape index (κ1) is 14.5. The van der Waals surface area contributed by atoms with Gasteiger partial charge in [0.1, 0.15) is 0 Å². The minimum atomic E-state index is -0.269. The first-order valence-electron chi connectivity index (χ1n) is 7.83. The van der Waals surface area contributed by atoms with Crippen molar-refractivity contribution in [2.75, 3.05) is 18.0 Å². The SMILES string of the molecule is OC1CCN(c2nc3ccccc3n2Cc2cccc(Cl)c2)C1. The van der Waals surface area contributed by atoms with Crippen molar-refractivity contribution >= 4 is 28.6 Å². The van der Waals surface area contributed by atoms with Gasteiger partial charge in [-0.3, -0.25) is 0 Å². The van der Waals surface area contributed by atoms with E-state index in [1.807, 2.05) is 36.4 Å². The van der Waals surface area contributed by atoms with Crippen LogP contribution in [-0.4, -0.2) is 33.9 Å². The Labute approximate surface area is 139 Å². The number of para-hydroxylation sites is 2. The van der Waals surface area contributed by atoms with Crippen LogP contribution in [0, 0.1) is 0 Å². The highest BCUT2D eigenvalue weighted by Crippen LogP contribution is 2.27. The van der Waals surface area contributed by atoms with Gasteiger partial charge < -0.3 is 14.6 Å². The molecule has 1 fully saturated rings. The Balaban J connectivity index is 1.79. The largest absolute Gasteiger partial charge is 0.391 e. The Morgan fingerprint density at radius 2 is 2.04 bits per heavy atom. The number of halogens is 1. The third-order valence-electron chi connectivity index (χ3n) is 4.31. The maximum atomic E-state index is 9.86. The van der Waals surface area contributed by atoms with Gasteiger partial charge in [-0.25, -0.2) is 4.98 Å². The number of β-amino-alcohol motifs (C(OH)–C–C–N with tert-alkyl or cyclic N) is 1. The van der Waals surface area contributed by atoms with Crippen LogP contribution < -0.4 is 4.90 Å². The predicted octanol–water partition coefficient (Wildman–Crippen LogP) is 3.31. The minimum Gasteiger partial charge on any atom is -0.391 e. The quantitative estimate of drug-likeness (QED) is 0.802. The van der Waals surface area contributed by atoms with Crippen LogP contribution in [0.1, 0.15) is 12.0 Å². The third kappa shape index (κ3) is 2.80. The fourth-order valence-electron chi connectivity index (χ4n) is 3.20. The van der Waals surface area contributed by atoms with Crippen LogP contribution in [0.15, 0.2) is 48.5 Å². The van der Waals surface area contributed by atoms with Crippen molar-refractivity contribution in [3.8, 4) is 0 Å². The molecule has 0 spiro atoms. The number of hydrogen-bond donors (Lipinski definition) is 1. The summed E-state index contributed by atoms with van der Waals surface area (Å²) in [6, 6.07) is 16.1. The predicted molar refractivity (Wildman–Crippen MR) is 93.1 cm³/mol. The van der Waals surface area contributed by atoms with Gasteiger partial charge in [-0.2, -0.15) is 0 Å². The molecule has 1 aliphatic heterocycles. The Morgan fingerprint density at radius 3 is 2.83 bits per heavy atom. The molecule has 4 nitrogen and oxygen atoms in total. The molecular formula is C18H18ClN3O. The molecule has 2 aromatic carbocycles. The minimum absolute atomic E-state index is 0.269. The zero-order chi connectivity index (χ0) is 15.8. The number of aromatic nitrogens is 2. The number of nitrogens with zero attached hydrogens (tertiary/aromatic N) is 3. The van der Waals surface area contributed by atoms with E-state index in [1.54, 1.807) is 0 Å². The maximum absolute atomic E-state index is 9.86. The van der Waals surface area contributed by atoms with Crippen LogP contribution in [0.3, 0.4) is 0 Å². The fraction of sp³-hybridized carbons (Fsp3) is 0.278. The molecule has 1 aromatic heterocycles. The highest BCUT2D eigenvalue weighted by atomic mass is 35.5. The Bertz CT molecular complexity index is 845. The summed E-state index contributed by atoms with van der Waals surface area (Å²) in [6.45, 7) is 2.18. The number of aliphatic hydroxyl groups excluding tert-OH is 1. The van der Waals surface area contributed by atoms with E-state index >= 15 is 0 Å². The van der Waals surface area contributed by atoms with Crippen molar-refractivity contribution < 1.29 is 5.11 Å². The van der Waals surface area contributed by atoms with E-state index in [0.29, 0.717) is 13.1 Å². The molecule has 0 saturated carbocycles. The molecule has 0 amide bonds. The molecule has 2 heterocycles. The zero-order valence-electron chi connectivity index (χ0n) is 12.7. The monoisotopic (exact) mass is 327 g/mol. The lowest BCUT2D eigenvalue weighted by Crippen LogP contribution is -2.25.